The lowest BCUT2D eigenvalue weighted by molar-refractivity contribution is 0.00216. The first-order chi connectivity index (χ1) is 18.3. The molecular formula is C29H38FN3O5S. The Bertz CT molecular complexity index is 1260. The molecule has 1 aromatic heterocycles. The summed E-state index contributed by atoms with van der Waals surface area (Å²) in [5.41, 5.74) is 0.149. The van der Waals surface area contributed by atoms with Crippen LogP contribution in [0.2, 0.25) is 0 Å². The highest BCUT2D eigenvalue weighted by atomic mass is 32.1. The maximum atomic E-state index is 16.1. The van der Waals surface area contributed by atoms with Gasteiger partial charge in [0.1, 0.15) is 16.4 Å². The molecule has 2 aromatic rings. The smallest absolute Gasteiger partial charge is 0.412 e. The zero-order valence-corrected chi connectivity index (χ0v) is 24.2. The lowest BCUT2D eigenvalue weighted by Gasteiger charge is -2.42. The van der Waals surface area contributed by atoms with E-state index in [2.05, 4.69) is 0 Å². The van der Waals surface area contributed by atoms with Gasteiger partial charge in [0.05, 0.1) is 17.5 Å². The number of hydrogen-bond donors (Lipinski definition) is 1. The molecule has 3 heterocycles. The molecule has 1 N–H and O–H groups in total. The Hall–Kier alpha value is -2.88. The fourth-order valence-corrected chi connectivity index (χ4v) is 6.45. The van der Waals surface area contributed by atoms with E-state index >= 15 is 4.39 Å². The summed E-state index contributed by atoms with van der Waals surface area (Å²) in [6, 6.07) is 3.69. The fraction of sp³-hybridized carbons (Fsp3) is 0.621. The number of halogens is 1. The fourth-order valence-electron chi connectivity index (χ4n) is 5.48. The first-order valence-corrected chi connectivity index (χ1v) is 14.6. The Morgan fingerprint density at radius 3 is 2.44 bits per heavy atom. The van der Waals surface area contributed by atoms with Crippen molar-refractivity contribution in [3.8, 4) is 17.0 Å². The van der Waals surface area contributed by atoms with Crippen LogP contribution in [-0.4, -0.2) is 57.5 Å². The van der Waals surface area contributed by atoms with E-state index in [0.29, 0.717) is 35.0 Å². The monoisotopic (exact) mass is 559 g/mol. The standard InChI is InChI=1S/C29H38FN3O5S/c1-27(2,3)38-26(36)32-15-13-29(30,14-16-32)24-31-21(17-39-24)19-9-10-22-20(23(19)37-18-7-6-8-18)11-12-28(4,5)33(22)25(34)35/h9-10,17-18H,6-8,11-16H2,1-5H3,(H,34,35). The van der Waals surface area contributed by atoms with Gasteiger partial charge in [-0.2, -0.15) is 0 Å². The van der Waals surface area contributed by atoms with Crippen molar-refractivity contribution in [3.05, 3.63) is 28.1 Å². The number of hydrogen-bond acceptors (Lipinski definition) is 6. The lowest BCUT2D eigenvalue weighted by Crippen LogP contribution is -2.50. The molecule has 1 aliphatic carbocycles. The summed E-state index contributed by atoms with van der Waals surface area (Å²) < 4.78 is 28.1. The van der Waals surface area contributed by atoms with Crippen molar-refractivity contribution in [3.63, 3.8) is 0 Å². The molecule has 10 heteroatoms. The quantitative estimate of drug-likeness (QED) is 0.428. The van der Waals surface area contributed by atoms with Gasteiger partial charge in [-0.15, -0.1) is 11.3 Å². The van der Waals surface area contributed by atoms with Crippen molar-refractivity contribution in [2.45, 2.75) is 102 Å². The number of alkyl halides is 1. The van der Waals surface area contributed by atoms with Gasteiger partial charge in [0.15, 0.2) is 5.67 Å². The molecule has 2 amide bonds. The topological polar surface area (TPSA) is 92.2 Å². The Balaban J connectivity index is 1.43. The minimum absolute atomic E-state index is 0.0891. The molecule has 0 radical (unpaired) electrons. The van der Waals surface area contributed by atoms with Gasteiger partial charge < -0.3 is 19.5 Å². The number of aromatic nitrogens is 1. The normalized spacial score (nSPS) is 20.7. The molecule has 212 valence electrons. The number of carbonyl (C=O) groups excluding carboxylic acids is 1. The average Bonchev–Trinajstić information content (AvgIpc) is 3.30. The highest BCUT2D eigenvalue weighted by Crippen LogP contribution is 2.48. The van der Waals surface area contributed by atoms with Gasteiger partial charge in [-0.25, -0.2) is 19.0 Å². The first kappa shape index (κ1) is 27.7. The minimum atomic E-state index is -1.63. The van der Waals surface area contributed by atoms with Crippen LogP contribution in [0.4, 0.5) is 19.7 Å². The zero-order chi connectivity index (χ0) is 28.2. The number of likely N-dealkylation sites (tertiary alicyclic amines) is 1. The van der Waals surface area contributed by atoms with Crippen LogP contribution in [-0.2, 0) is 16.8 Å². The van der Waals surface area contributed by atoms with Crippen LogP contribution in [0.5, 0.6) is 5.75 Å². The van der Waals surface area contributed by atoms with E-state index in [4.69, 9.17) is 14.5 Å². The summed E-state index contributed by atoms with van der Waals surface area (Å²) in [5, 5.41) is 12.3. The van der Waals surface area contributed by atoms with E-state index < -0.39 is 29.0 Å². The highest BCUT2D eigenvalue weighted by Gasteiger charge is 2.42. The van der Waals surface area contributed by atoms with Crippen LogP contribution in [0.15, 0.2) is 17.5 Å². The van der Waals surface area contributed by atoms with Gasteiger partial charge in [0.25, 0.3) is 0 Å². The molecule has 2 fully saturated rings. The second kappa shape index (κ2) is 9.94. The molecule has 0 spiro atoms. The molecule has 0 bridgehead atoms. The van der Waals surface area contributed by atoms with E-state index in [9.17, 15) is 14.7 Å². The van der Waals surface area contributed by atoms with E-state index in [1.807, 2.05) is 52.1 Å². The Morgan fingerprint density at radius 1 is 1.15 bits per heavy atom. The van der Waals surface area contributed by atoms with Gasteiger partial charge in [0.2, 0.25) is 0 Å². The van der Waals surface area contributed by atoms with Crippen molar-refractivity contribution in [2.24, 2.45) is 0 Å². The average molecular weight is 560 g/mol. The maximum Gasteiger partial charge on any atom is 0.412 e. The van der Waals surface area contributed by atoms with Crippen LogP contribution in [0.25, 0.3) is 11.3 Å². The van der Waals surface area contributed by atoms with E-state index in [-0.39, 0.29) is 32.0 Å². The maximum absolute atomic E-state index is 16.1. The summed E-state index contributed by atoms with van der Waals surface area (Å²) >= 11 is 1.28. The van der Waals surface area contributed by atoms with Crippen LogP contribution < -0.4 is 9.64 Å². The van der Waals surface area contributed by atoms with Gasteiger partial charge in [-0.3, -0.25) is 4.90 Å². The first-order valence-electron chi connectivity index (χ1n) is 13.8. The molecular weight excluding hydrogens is 521 g/mol. The van der Waals surface area contributed by atoms with Crippen molar-refractivity contribution in [2.75, 3.05) is 18.0 Å². The second-order valence-electron chi connectivity index (χ2n) is 12.5. The third kappa shape index (κ3) is 5.44. The molecule has 1 saturated carbocycles. The van der Waals surface area contributed by atoms with Gasteiger partial charge in [-0.05, 0) is 78.9 Å². The number of amides is 2. The zero-order valence-electron chi connectivity index (χ0n) is 23.4. The van der Waals surface area contributed by atoms with E-state index in [1.54, 1.807) is 4.90 Å². The molecule has 2 aliphatic heterocycles. The van der Waals surface area contributed by atoms with Gasteiger partial charge >= 0.3 is 12.2 Å². The minimum Gasteiger partial charge on any atom is -0.489 e. The molecule has 8 nitrogen and oxygen atoms in total. The number of nitrogens with zero attached hydrogens (tertiary/aromatic N) is 3. The Kier molecular flexibility index (Phi) is 7.06. The second-order valence-corrected chi connectivity index (χ2v) is 13.4. The van der Waals surface area contributed by atoms with Gasteiger partial charge in [0, 0.05) is 48.0 Å². The molecule has 5 rings (SSSR count). The summed E-state index contributed by atoms with van der Waals surface area (Å²) in [7, 11) is 0. The molecule has 39 heavy (non-hydrogen) atoms. The molecule has 1 aromatic carbocycles. The number of ether oxygens (including phenoxy) is 2. The Labute approximate surface area is 233 Å². The van der Waals surface area contributed by atoms with Gasteiger partial charge in [-0.1, -0.05) is 0 Å². The number of carboxylic acid groups (broad SMARTS) is 1. The highest BCUT2D eigenvalue weighted by molar-refractivity contribution is 7.10. The molecule has 0 atom stereocenters. The number of anilines is 1. The Morgan fingerprint density at radius 2 is 1.85 bits per heavy atom. The van der Waals surface area contributed by atoms with E-state index in [1.165, 1.54) is 16.2 Å². The number of thiazole rings is 1. The summed E-state index contributed by atoms with van der Waals surface area (Å²) in [6.07, 6.45) is 3.36. The number of benzene rings is 1. The van der Waals surface area contributed by atoms with Crippen molar-refractivity contribution >= 4 is 29.2 Å². The largest absolute Gasteiger partial charge is 0.489 e. The number of rotatable bonds is 4. The molecule has 0 unspecified atom stereocenters. The van der Waals surface area contributed by atoms with Crippen molar-refractivity contribution < 1.29 is 28.6 Å². The van der Waals surface area contributed by atoms with Crippen molar-refractivity contribution in [1.29, 1.82) is 0 Å². The number of fused-ring (bicyclic) bond motifs is 1. The third-order valence-corrected chi connectivity index (χ3v) is 8.99. The predicted molar refractivity (Wildman–Crippen MR) is 149 cm³/mol. The SMILES string of the molecule is CC(C)(C)OC(=O)N1CCC(F)(c2nc(-c3ccc4c(c3OC3CCC3)CCC(C)(C)N4C(=O)O)cs2)CC1. The number of carbonyl (C=O) groups is 2. The summed E-state index contributed by atoms with van der Waals surface area (Å²) in [5.74, 6) is 0.670. The van der Waals surface area contributed by atoms with Crippen molar-refractivity contribution in [1.82, 2.24) is 9.88 Å². The summed E-state index contributed by atoms with van der Waals surface area (Å²) in [4.78, 5) is 32.4. The predicted octanol–water partition coefficient (Wildman–Crippen LogP) is 7.15. The van der Waals surface area contributed by atoms with Crippen LogP contribution in [0, 0.1) is 0 Å². The number of piperidine rings is 1. The molecule has 1 saturated heterocycles. The molecule has 3 aliphatic rings. The summed E-state index contributed by atoms with van der Waals surface area (Å²) in [6.45, 7) is 9.84. The lowest BCUT2D eigenvalue weighted by atomic mass is 9.85. The third-order valence-electron chi connectivity index (χ3n) is 7.97. The van der Waals surface area contributed by atoms with Crippen LogP contribution in [0.1, 0.15) is 83.7 Å². The van der Waals surface area contributed by atoms with E-state index in [0.717, 1.165) is 30.4 Å². The van der Waals surface area contributed by atoms with Crippen LogP contribution in [0.3, 0.4) is 0 Å². The van der Waals surface area contributed by atoms with Crippen LogP contribution >= 0.6 is 11.3 Å².